The molecule has 6 heteroatoms. The molecule has 0 radical (unpaired) electrons. The molecule has 1 amide bonds. The molecule has 0 unspecified atom stereocenters. The van der Waals surface area contributed by atoms with E-state index in [0.717, 1.165) is 16.6 Å². The molecule has 0 fully saturated rings. The van der Waals surface area contributed by atoms with Gasteiger partial charge in [0.1, 0.15) is 5.82 Å². The molecule has 6 nitrogen and oxygen atoms in total. The number of para-hydroxylation sites is 1. The van der Waals surface area contributed by atoms with Gasteiger partial charge < -0.3 is 10.6 Å². The standard InChI is InChI=1S/C22H15N5O/c23-13-15-6-9-18(10-7-15)26-20-11-8-17(14-25-20)22(28)27-19-5-1-3-16-4-2-12-24-21(16)19/h1-12,14H,(H,25,26)(H,27,28). The van der Waals surface area contributed by atoms with Gasteiger partial charge in [-0.2, -0.15) is 5.26 Å². The fraction of sp³-hybridized carbons (Fsp3) is 0. The van der Waals surface area contributed by atoms with Crippen LogP contribution in [0.5, 0.6) is 0 Å². The van der Waals surface area contributed by atoms with Crippen LogP contribution >= 0.6 is 0 Å². The summed E-state index contributed by atoms with van der Waals surface area (Å²) >= 11 is 0. The molecular weight excluding hydrogens is 350 g/mol. The van der Waals surface area contributed by atoms with E-state index in [1.165, 1.54) is 6.20 Å². The second-order valence-electron chi connectivity index (χ2n) is 6.08. The molecule has 0 atom stereocenters. The van der Waals surface area contributed by atoms with Gasteiger partial charge in [0.05, 0.1) is 28.4 Å². The number of amides is 1. The molecule has 0 aliphatic carbocycles. The van der Waals surface area contributed by atoms with Gasteiger partial charge in [-0.15, -0.1) is 0 Å². The van der Waals surface area contributed by atoms with E-state index >= 15 is 0 Å². The van der Waals surface area contributed by atoms with Crippen LogP contribution in [0.2, 0.25) is 0 Å². The maximum Gasteiger partial charge on any atom is 0.257 e. The summed E-state index contributed by atoms with van der Waals surface area (Å²) in [5, 5.41) is 15.8. The minimum atomic E-state index is -0.254. The highest BCUT2D eigenvalue weighted by Gasteiger charge is 2.09. The summed E-state index contributed by atoms with van der Waals surface area (Å²) in [6, 6.07) is 22.0. The number of nitriles is 1. The van der Waals surface area contributed by atoms with Gasteiger partial charge >= 0.3 is 0 Å². The molecule has 2 aromatic heterocycles. The van der Waals surface area contributed by atoms with Gasteiger partial charge in [-0.25, -0.2) is 4.98 Å². The van der Waals surface area contributed by atoms with E-state index in [4.69, 9.17) is 5.26 Å². The fourth-order valence-corrected chi connectivity index (χ4v) is 2.78. The molecule has 0 aliphatic heterocycles. The van der Waals surface area contributed by atoms with Gasteiger partial charge in [0.15, 0.2) is 0 Å². The summed E-state index contributed by atoms with van der Waals surface area (Å²) in [5.41, 5.74) is 3.24. The number of nitrogens with one attached hydrogen (secondary N) is 2. The topological polar surface area (TPSA) is 90.7 Å². The Kier molecular flexibility index (Phi) is 4.64. The number of rotatable bonds is 4. The van der Waals surface area contributed by atoms with Crippen molar-refractivity contribution in [3.63, 3.8) is 0 Å². The number of benzene rings is 2. The summed E-state index contributed by atoms with van der Waals surface area (Å²) in [4.78, 5) is 21.2. The average molecular weight is 365 g/mol. The first kappa shape index (κ1) is 17.2. The maximum absolute atomic E-state index is 12.6. The van der Waals surface area contributed by atoms with Crippen molar-refractivity contribution in [1.29, 1.82) is 5.26 Å². The average Bonchev–Trinajstić information content (AvgIpc) is 2.75. The van der Waals surface area contributed by atoms with Crippen molar-refractivity contribution in [2.24, 2.45) is 0 Å². The monoisotopic (exact) mass is 365 g/mol. The maximum atomic E-state index is 12.6. The quantitative estimate of drug-likeness (QED) is 0.556. The van der Waals surface area contributed by atoms with E-state index in [1.54, 1.807) is 42.6 Å². The zero-order valence-corrected chi connectivity index (χ0v) is 14.8. The molecule has 0 bridgehead atoms. The fourth-order valence-electron chi connectivity index (χ4n) is 2.78. The van der Waals surface area contributed by atoms with Crippen LogP contribution in [0.15, 0.2) is 79.1 Å². The van der Waals surface area contributed by atoms with Crippen LogP contribution in [0.4, 0.5) is 17.2 Å². The first-order chi connectivity index (χ1) is 13.7. The molecule has 4 aromatic rings. The smallest absolute Gasteiger partial charge is 0.257 e. The van der Waals surface area contributed by atoms with Crippen LogP contribution in [0, 0.1) is 11.3 Å². The third kappa shape index (κ3) is 3.64. The second kappa shape index (κ2) is 7.56. The highest BCUT2D eigenvalue weighted by atomic mass is 16.1. The largest absolute Gasteiger partial charge is 0.340 e. The molecule has 4 rings (SSSR count). The first-order valence-electron chi connectivity index (χ1n) is 8.61. The second-order valence-corrected chi connectivity index (χ2v) is 6.08. The molecule has 2 heterocycles. The van der Waals surface area contributed by atoms with Gasteiger partial charge in [0, 0.05) is 23.5 Å². The number of nitrogens with zero attached hydrogens (tertiary/aromatic N) is 3. The van der Waals surface area contributed by atoms with Crippen molar-refractivity contribution in [1.82, 2.24) is 9.97 Å². The van der Waals surface area contributed by atoms with Gasteiger partial charge in [0.25, 0.3) is 5.91 Å². The minimum absolute atomic E-state index is 0.254. The van der Waals surface area contributed by atoms with Crippen LogP contribution in [-0.4, -0.2) is 15.9 Å². The third-order valence-electron chi connectivity index (χ3n) is 4.19. The predicted molar refractivity (Wildman–Crippen MR) is 108 cm³/mol. The number of anilines is 3. The van der Waals surface area contributed by atoms with E-state index < -0.39 is 0 Å². The van der Waals surface area contributed by atoms with Gasteiger partial charge in [-0.05, 0) is 48.5 Å². The van der Waals surface area contributed by atoms with Crippen molar-refractivity contribution in [2.45, 2.75) is 0 Å². The highest BCUT2D eigenvalue weighted by Crippen LogP contribution is 2.21. The molecule has 28 heavy (non-hydrogen) atoms. The van der Waals surface area contributed by atoms with Crippen LogP contribution in [-0.2, 0) is 0 Å². The molecule has 134 valence electrons. The van der Waals surface area contributed by atoms with Crippen molar-refractivity contribution in [3.8, 4) is 6.07 Å². The van der Waals surface area contributed by atoms with Gasteiger partial charge in [-0.1, -0.05) is 18.2 Å². The number of pyridine rings is 2. The lowest BCUT2D eigenvalue weighted by Gasteiger charge is -2.09. The summed E-state index contributed by atoms with van der Waals surface area (Å²) in [6.07, 6.45) is 3.21. The SMILES string of the molecule is N#Cc1ccc(Nc2ccc(C(=O)Nc3cccc4cccnc34)cn2)cc1. The Morgan fingerprint density at radius 3 is 2.50 bits per heavy atom. The summed E-state index contributed by atoms with van der Waals surface area (Å²) < 4.78 is 0. The predicted octanol–water partition coefficient (Wildman–Crippen LogP) is 4.50. The Balaban J connectivity index is 1.48. The van der Waals surface area contributed by atoms with E-state index in [0.29, 0.717) is 22.6 Å². The molecule has 0 aliphatic rings. The van der Waals surface area contributed by atoms with Gasteiger partial charge in [0.2, 0.25) is 0 Å². The molecule has 0 spiro atoms. The summed E-state index contributed by atoms with van der Waals surface area (Å²) in [7, 11) is 0. The Morgan fingerprint density at radius 2 is 1.75 bits per heavy atom. The number of hydrogen-bond donors (Lipinski definition) is 2. The van der Waals surface area contributed by atoms with E-state index in [2.05, 4.69) is 26.7 Å². The molecule has 2 aromatic carbocycles. The van der Waals surface area contributed by atoms with E-state index in [1.807, 2.05) is 30.3 Å². The van der Waals surface area contributed by atoms with Crippen molar-refractivity contribution in [2.75, 3.05) is 10.6 Å². The molecule has 0 saturated heterocycles. The molecule has 2 N–H and O–H groups in total. The number of carbonyl (C=O) groups excluding carboxylic acids is 1. The zero-order valence-electron chi connectivity index (χ0n) is 14.8. The third-order valence-corrected chi connectivity index (χ3v) is 4.19. The van der Waals surface area contributed by atoms with Crippen LogP contribution in [0.25, 0.3) is 10.9 Å². The lowest BCUT2D eigenvalue weighted by atomic mass is 10.2. The lowest BCUT2D eigenvalue weighted by molar-refractivity contribution is 0.102. The van der Waals surface area contributed by atoms with Crippen LogP contribution < -0.4 is 10.6 Å². The van der Waals surface area contributed by atoms with Gasteiger partial charge in [-0.3, -0.25) is 9.78 Å². The Morgan fingerprint density at radius 1 is 0.929 bits per heavy atom. The highest BCUT2D eigenvalue weighted by molar-refractivity contribution is 6.08. The van der Waals surface area contributed by atoms with Crippen molar-refractivity contribution < 1.29 is 4.79 Å². The zero-order chi connectivity index (χ0) is 19.3. The summed E-state index contributed by atoms with van der Waals surface area (Å²) in [5.74, 6) is 0.351. The Hall–Kier alpha value is -4.24. The van der Waals surface area contributed by atoms with Crippen molar-refractivity contribution >= 4 is 34.0 Å². The van der Waals surface area contributed by atoms with Crippen LogP contribution in [0.3, 0.4) is 0 Å². The van der Waals surface area contributed by atoms with Crippen LogP contribution in [0.1, 0.15) is 15.9 Å². The first-order valence-corrected chi connectivity index (χ1v) is 8.61. The number of carbonyl (C=O) groups is 1. The number of fused-ring (bicyclic) bond motifs is 1. The Bertz CT molecular complexity index is 1170. The number of hydrogen-bond acceptors (Lipinski definition) is 5. The minimum Gasteiger partial charge on any atom is -0.340 e. The van der Waals surface area contributed by atoms with E-state index in [9.17, 15) is 4.79 Å². The number of aromatic nitrogens is 2. The summed E-state index contributed by atoms with van der Waals surface area (Å²) in [6.45, 7) is 0. The lowest BCUT2D eigenvalue weighted by Crippen LogP contribution is -2.12. The Labute approximate surface area is 161 Å². The molecular formula is C22H15N5O. The van der Waals surface area contributed by atoms with Crippen molar-refractivity contribution in [3.05, 3.63) is 90.3 Å². The molecule has 0 saturated carbocycles. The van der Waals surface area contributed by atoms with E-state index in [-0.39, 0.29) is 5.91 Å². The normalized spacial score (nSPS) is 10.2.